The quantitative estimate of drug-likeness (QED) is 0.166. The summed E-state index contributed by atoms with van der Waals surface area (Å²) in [5.74, 6) is 0.0978. The minimum Gasteiger partial charge on any atom is -0.311 e. The van der Waals surface area contributed by atoms with Crippen LogP contribution in [-0.2, 0) is 0 Å². The standard InChI is InChI=1S/C43H33N/c1-5-13-33(14-6-1)35-21-25-37(26-22-35)43(38-27-23-36(24-28-38)34-15-7-2-8-16-34)39-29-31-42(32-30-39)44(40-17-9-3-10-18-40)41-19-11-4-12-20-41/h1-32,43H. The third kappa shape index (κ3) is 5.82. The van der Waals surface area contributed by atoms with Crippen molar-refractivity contribution >= 4 is 17.1 Å². The summed E-state index contributed by atoms with van der Waals surface area (Å²) in [6.07, 6.45) is 0. The molecule has 210 valence electrons. The SMILES string of the molecule is c1ccc(-c2ccc(C(c3ccc(-c4ccccc4)cc3)c3ccc(N(c4ccccc4)c4ccccc4)cc3)cc2)cc1. The molecule has 0 spiro atoms. The van der Waals surface area contributed by atoms with Gasteiger partial charge in [-0.05, 0) is 75.3 Å². The van der Waals surface area contributed by atoms with E-state index in [9.17, 15) is 0 Å². The van der Waals surface area contributed by atoms with Gasteiger partial charge >= 0.3 is 0 Å². The first-order valence-corrected chi connectivity index (χ1v) is 15.1. The topological polar surface area (TPSA) is 3.24 Å². The highest BCUT2D eigenvalue weighted by atomic mass is 15.1. The zero-order chi connectivity index (χ0) is 29.6. The minimum atomic E-state index is 0.0978. The molecule has 0 aliphatic heterocycles. The maximum absolute atomic E-state index is 2.31. The number of hydrogen-bond acceptors (Lipinski definition) is 1. The smallest absolute Gasteiger partial charge is 0.0461 e. The van der Waals surface area contributed by atoms with E-state index in [0.29, 0.717) is 0 Å². The van der Waals surface area contributed by atoms with E-state index in [-0.39, 0.29) is 5.92 Å². The van der Waals surface area contributed by atoms with E-state index in [4.69, 9.17) is 0 Å². The van der Waals surface area contributed by atoms with E-state index in [1.165, 1.54) is 38.9 Å². The van der Waals surface area contributed by atoms with Gasteiger partial charge < -0.3 is 4.90 Å². The lowest BCUT2D eigenvalue weighted by Gasteiger charge is -2.26. The van der Waals surface area contributed by atoms with E-state index in [1.807, 2.05) is 0 Å². The van der Waals surface area contributed by atoms with Crippen LogP contribution in [0.15, 0.2) is 194 Å². The Balaban J connectivity index is 1.28. The lowest BCUT2D eigenvalue weighted by molar-refractivity contribution is 0.977. The van der Waals surface area contributed by atoms with E-state index >= 15 is 0 Å². The molecule has 1 nitrogen and oxygen atoms in total. The number of rotatable bonds is 8. The van der Waals surface area contributed by atoms with E-state index in [1.54, 1.807) is 0 Å². The van der Waals surface area contributed by atoms with Gasteiger partial charge in [-0.25, -0.2) is 0 Å². The van der Waals surface area contributed by atoms with Crippen LogP contribution in [0.2, 0.25) is 0 Å². The van der Waals surface area contributed by atoms with Crippen LogP contribution in [0, 0.1) is 0 Å². The van der Waals surface area contributed by atoms with Crippen molar-refractivity contribution in [1.29, 1.82) is 0 Å². The number of benzene rings is 7. The molecule has 0 atom stereocenters. The number of nitrogens with zero attached hydrogens (tertiary/aromatic N) is 1. The Bertz CT molecular complexity index is 1770. The van der Waals surface area contributed by atoms with Crippen molar-refractivity contribution in [3.63, 3.8) is 0 Å². The summed E-state index contributed by atoms with van der Waals surface area (Å²) in [5, 5.41) is 0. The Morgan fingerprint density at radius 3 is 0.886 bits per heavy atom. The Kier molecular flexibility index (Phi) is 7.84. The Morgan fingerprint density at radius 2 is 0.523 bits per heavy atom. The summed E-state index contributed by atoms with van der Waals surface area (Å²) in [6, 6.07) is 69.5. The van der Waals surface area contributed by atoms with Gasteiger partial charge in [0.15, 0.2) is 0 Å². The number of hydrogen-bond donors (Lipinski definition) is 0. The molecule has 44 heavy (non-hydrogen) atoms. The predicted octanol–water partition coefficient (Wildman–Crippen LogP) is 11.7. The normalized spacial score (nSPS) is 10.9. The van der Waals surface area contributed by atoms with Crippen LogP contribution in [0.4, 0.5) is 17.1 Å². The van der Waals surface area contributed by atoms with Crippen LogP contribution in [0.5, 0.6) is 0 Å². The van der Waals surface area contributed by atoms with Gasteiger partial charge in [-0.3, -0.25) is 0 Å². The predicted molar refractivity (Wildman–Crippen MR) is 186 cm³/mol. The third-order valence-corrected chi connectivity index (χ3v) is 8.22. The molecule has 7 aromatic carbocycles. The zero-order valence-corrected chi connectivity index (χ0v) is 24.5. The lowest BCUT2D eigenvalue weighted by atomic mass is 9.84. The fourth-order valence-electron chi connectivity index (χ4n) is 5.99. The lowest BCUT2D eigenvalue weighted by Crippen LogP contribution is -2.10. The molecule has 0 amide bonds. The van der Waals surface area contributed by atoms with Gasteiger partial charge in [-0.2, -0.15) is 0 Å². The van der Waals surface area contributed by atoms with Crippen molar-refractivity contribution in [3.8, 4) is 22.3 Å². The van der Waals surface area contributed by atoms with E-state index < -0.39 is 0 Å². The number of para-hydroxylation sites is 2. The highest BCUT2D eigenvalue weighted by Gasteiger charge is 2.19. The maximum atomic E-state index is 2.31. The van der Waals surface area contributed by atoms with Crippen LogP contribution in [0.1, 0.15) is 22.6 Å². The monoisotopic (exact) mass is 563 g/mol. The summed E-state index contributed by atoms with van der Waals surface area (Å²) in [7, 11) is 0. The van der Waals surface area contributed by atoms with Gasteiger partial charge in [0, 0.05) is 23.0 Å². The van der Waals surface area contributed by atoms with Gasteiger partial charge in [-0.1, -0.05) is 158 Å². The molecule has 0 saturated carbocycles. The van der Waals surface area contributed by atoms with Gasteiger partial charge in [0.25, 0.3) is 0 Å². The Morgan fingerprint density at radius 1 is 0.250 bits per heavy atom. The van der Waals surface area contributed by atoms with Crippen molar-refractivity contribution in [2.24, 2.45) is 0 Å². The van der Waals surface area contributed by atoms with E-state index in [0.717, 1.165) is 17.1 Å². The minimum absolute atomic E-state index is 0.0978. The average Bonchev–Trinajstić information content (AvgIpc) is 3.11. The molecular formula is C43H33N. The van der Waals surface area contributed by atoms with E-state index in [2.05, 4.69) is 199 Å². The van der Waals surface area contributed by atoms with Crippen LogP contribution in [0.25, 0.3) is 22.3 Å². The highest BCUT2D eigenvalue weighted by molar-refractivity contribution is 5.76. The molecule has 0 unspecified atom stereocenters. The fraction of sp³-hybridized carbons (Fsp3) is 0.0233. The van der Waals surface area contributed by atoms with Crippen molar-refractivity contribution in [2.75, 3.05) is 4.90 Å². The maximum Gasteiger partial charge on any atom is 0.0461 e. The first-order valence-electron chi connectivity index (χ1n) is 15.1. The molecule has 0 bridgehead atoms. The zero-order valence-electron chi connectivity index (χ0n) is 24.5. The van der Waals surface area contributed by atoms with Crippen LogP contribution >= 0.6 is 0 Å². The molecule has 0 aliphatic carbocycles. The molecule has 0 saturated heterocycles. The second-order valence-corrected chi connectivity index (χ2v) is 11.0. The largest absolute Gasteiger partial charge is 0.311 e. The molecule has 7 aromatic rings. The summed E-state index contributed by atoms with van der Waals surface area (Å²) >= 11 is 0. The van der Waals surface area contributed by atoms with Crippen molar-refractivity contribution in [1.82, 2.24) is 0 Å². The van der Waals surface area contributed by atoms with Gasteiger partial charge in [0.05, 0.1) is 0 Å². The van der Waals surface area contributed by atoms with Crippen molar-refractivity contribution in [2.45, 2.75) is 5.92 Å². The van der Waals surface area contributed by atoms with Crippen molar-refractivity contribution in [3.05, 3.63) is 211 Å². The molecule has 0 N–H and O–H groups in total. The second kappa shape index (κ2) is 12.7. The molecule has 0 fully saturated rings. The summed E-state index contributed by atoms with van der Waals surface area (Å²) in [6.45, 7) is 0. The third-order valence-electron chi connectivity index (χ3n) is 8.22. The molecule has 0 radical (unpaired) electrons. The average molecular weight is 564 g/mol. The Hall–Kier alpha value is -5.66. The molecule has 7 rings (SSSR count). The first-order chi connectivity index (χ1) is 21.8. The van der Waals surface area contributed by atoms with Gasteiger partial charge in [0.1, 0.15) is 0 Å². The van der Waals surface area contributed by atoms with Gasteiger partial charge in [0.2, 0.25) is 0 Å². The molecule has 0 heterocycles. The second-order valence-electron chi connectivity index (χ2n) is 11.0. The fourth-order valence-corrected chi connectivity index (χ4v) is 5.99. The van der Waals surface area contributed by atoms with Crippen LogP contribution in [0.3, 0.4) is 0 Å². The van der Waals surface area contributed by atoms with Crippen LogP contribution in [-0.4, -0.2) is 0 Å². The summed E-state index contributed by atoms with van der Waals surface area (Å²) in [4.78, 5) is 2.31. The molecule has 1 heteroatoms. The molecule has 0 aromatic heterocycles. The first kappa shape index (κ1) is 27.2. The highest BCUT2D eigenvalue weighted by Crippen LogP contribution is 2.38. The molecular weight excluding hydrogens is 530 g/mol. The van der Waals surface area contributed by atoms with Gasteiger partial charge in [-0.15, -0.1) is 0 Å². The number of anilines is 3. The molecule has 0 aliphatic rings. The summed E-state index contributed by atoms with van der Waals surface area (Å²) in [5.41, 5.74) is 12.1. The van der Waals surface area contributed by atoms with Crippen molar-refractivity contribution < 1.29 is 0 Å². The van der Waals surface area contributed by atoms with Crippen LogP contribution < -0.4 is 4.90 Å². The Labute approximate surface area is 260 Å². The summed E-state index contributed by atoms with van der Waals surface area (Å²) < 4.78 is 0.